The van der Waals surface area contributed by atoms with Crippen LogP contribution in [0.15, 0.2) is 21.4 Å². The number of hydrogen-bond donors (Lipinski definition) is 0. The van der Waals surface area contributed by atoms with Crippen molar-refractivity contribution in [1.29, 1.82) is 0 Å². The molecule has 0 spiro atoms. The minimum atomic E-state index is 0.492. The second-order valence-electron chi connectivity index (χ2n) is 5.37. The van der Waals surface area contributed by atoms with Gasteiger partial charge in [0, 0.05) is 37.8 Å². The maximum atomic E-state index is 5.39. The lowest BCUT2D eigenvalue weighted by atomic mass is 10.1. The predicted molar refractivity (Wildman–Crippen MR) is 72.8 cm³/mol. The molecular formula is C13H15BrN4O. The molecule has 0 amide bonds. The molecule has 5 nitrogen and oxygen atoms in total. The highest BCUT2D eigenvalue weighted by molar-refractivity contribution is 9.10. The van der Waals surface area contributed by atoms with Gasteiger partial charge < -0.3 is 4.52 Å². The summed E-state index contributed by atoms with van der Waals surface area (Å²) >= 11 is 3.43. The number of rotatable bonds is 3. The van der Waals surface area contributed by atoms with E-state index in [1.54, 1.807) is 0 Å². The van der Waals surface area contributed by atoms with Crippen molar-refractivity contribution in [3.05, 3.63) is 33.9 Å². The smallest absolute Gasteiger partial charge is 0.140 e. The fraction of sp³-hybridized carbons (Fsp3) is 0.538. The summed E-state index contributed by atoms with van der Waals surface area (Å²) in [6, 6.07) is 0.492. The summed E-state index contributed by atoms with van der Waals surface area (Å²) in [5.74, 6) is 1.11. The summed E-state index contributed by atoms with van der Waals surface area (Å²) in [6.45, 7) is 2.99. The molecule has 0 saturated carbocycles. The van der Waals surface area contributed by atoms with Crippen LogP contribution < -0.4 is 0 Å². The molecule has 0 bridgehead atoms. The number of nitrogens with zero attached hydrogens (tertiary/aromatic N) is 4. The van der Waals surface area contributed by atoms with Gasteiger partial charge >= 0.3 is 0 Å². The molecule has 100 valence electrons. The fourth-order valence-electron chi connectivity index (χ4n) is 2.98. The Labute approximate surface area is 119 Å². The Bertz CT molecular complexity index is 600. The Kier molecular flexibility index (Phi) is 2.73. The first kappa shape index (κ1) is 11.7. The van der Waals surface area contributed by atoms with Crippen LogP contribution in [0.2, 0.25) is 0 Å². The van der Waals surface area contributed by atoms with Crippen molar-refractivity contribution in [2.45, 2.75) is 31.8 Å². The molecule has 0 atom stereocenters. The van der Waals surface area contributed by atoms with Crippen molar-refractivity contribution in [3.8, 4) is 0 Å². The highest BCUT2D eigenvalue weighted by Gasteiger charge is 2.31. The first-order valence-corrected chi connectivity index (χ1v) is 7.47. The molecule has 2 aliphatic rings. The quantitative estimate of drug-likeness (QED) is 0.869. The normalized spacial score (nSPS) is 19.6. The number of likely N-dealkylation sites (tertiary alicyclic amines) is 1. The molecular weight excluding hydrogens is 308 g/mol. The molecule has 4 rings (SSSR count). The molecule has 2 aromatic heterocycles. The third-order valence-electron chi connectivity index (χ3n) is 4.04. The van der Waals surface area contributed by atoms with Gasteiger partial charge in [-0.05, 0) is 28.8 Å². The lowest BCUT2D eigenvalue weighted by Crippen LogP contribution is -2.47. The molecule has 2 aromatic rings. The van der Waals surface area contributed by atoms with E-state index in [0.29, 0.717) is 6.04 Å². The summed E-state index contributed by atoms with van der Waals surface area (Å²) in [7, 11) is 0. The van der Waals surface area contributed by atoms with Crippen LogP contribution in [0.5, 0.6) is 0 Å². The lowest BCUT2D eigenvalue weighted by Gasteiger charge is -2.38. The van der Waals surface area contributed by atoms with Gasteiger partial charge in [0.1, 0.15) is 11.5 Å². The van der Waals surface area contributed by atoms with Gasteiger partial charge in [0.2, 0.25) is 0 Å². The molecule has 1 saturated heterocycles. The monoisotopic (exact) mass is 322 g/mol. The molecule has 0 aromatic carbocycles. The summed E-state index contributed by atoms with van der Waals surface area (Å²) in [6.07, 6.45) is 7.29. The van der Waals surface area contributed by atoms with Crippen molar-refractivity contribution >= 4 is 15.9 Å². The number of aromatic nitrogens is 3. The second kappa shape index (κ2) is 4.45. The van der Waals surface area contributed by atoms with Gasteiger partial charge in [0.15, 0.2) is 0 Å². The molecule has 6 heteroatoms. The molecule has 0 radical (unpaired) electrons. The lowest BCUT2D eigenvalue weighted by molar-refractivity contribution is 0.0880. The van der Waals surface area contributed by atoms with Crippen LogP contribution in [-0.4, -0.2) is 32.9 Å². The highest BCUT2D eigenvalue weighted by Crippen LogP contribution is 2.29. The van der Waals surface area contributed by atoms with Gasteiger partial charge in [-0.15, -0.1) is 0 Å². The van der Waals surface area contributed by atoms with Crippen molar-refractivity contribution in [1.82, 2.24) is 19.8 Å². The van der Waals surface area contributed by atoms with Crippen molar-refractivity contribution < 1.29 is 4.52 Å². The van der Waals surface area contributed by atoms with Crippen LogP contribution in [0.3, 0.4) is 0 Å². The van der Waals surface area contributed by atoms with Gasteiger partial charge in [-0.1, -0.05) is 5.16 Å². The maximum Gasteiger partial charge on any atom is 0.140 e. The topological polar surface area (TPSA) is 47.1 Å². The summed E-state index contributed by atoms with van der Waals surface area (Å²) < 4.78 is 8.47. The predicted octanol–water partition coefficient (Wildman–Crippen LogP) is 2.18. The number of aryl methyl sites for hydroxylation is 1. The third kappa shape index (κ3) is 2.03. The molecule has 3 heterocycles. The molecule has 0 N–H and O–H groups in total. The summed E-state index contributed by atoms with van der Waals surface area (Å²) in [5, 5.41) is 8.55. The van der Waals surface area contributed by atoms with Gasteiger partial charge in [-0.2, -0.15) is 5.10 Å². The average Bonchev–Trinajstić information content (AvgIpc) is 3.00. The zero-order valence-corrected chi connectivity index (χ0v) is 12.1. The van der Waals surface area contributed by atoms with Crippen LogP contribution in [-0.2, 0) is 19.4 Å². The van der Waals surface area contributed by atoms with E-state index < -0.39 is 0 Å². The van der Waals surface area contributed by atoms with E-state index in [2.05, 4.69) is 31.1 Å². The van der Waals surface area contributed by atoms with Gasteiger partial charge in [-0.25, -0.2) is 0 Å². The van der Waals surface area contributed by atoms with Crippen molar-refractivity contribution in [2.24, 2.45) is 0 Å². The molecule has 1 aliphatic carbocycles. The zero-order valence-electron chi connectivity index (χ0n) is 10.5. The third-order valence-corrected chi connectivity index (χ3v) is 4.45. The molecule has 19 heavy (non-hydrogen) atoms. The van der Waals surface area contributed by atoms with Crippen LogP contribution in [0.25, 0.3) is 0 Å². The second-order valence-corrected chi connectivity index (χ2v) is 6.29. The van der Waals surface area contributed by atoms with E-state index in [1.807, 2.05) is 17.1 Å². The largest absolute Gasteiger partial charge is 0.361 e. The molecule has 1 fully saturated rings. The van der Waals surface area contributed by atoms with Gasteiger partial charge in [0.05, 0.1) is 16.7 Å². The summed E-state index contributed by atoms with van der Waals surface area (Å²) in [4.78, 5) is 2.40. The maximum absolute atomic E-state index is 5.39. The Morgan fingerprint density at radius 1 is 1.37 bits per heavy atom. The van der Waals surface area contributed by atoms with E-state index in [0.717, 1.165) is 48.4 Å². The van der Waals surface area contributed by atoms with Crippen LogP contribution in [0.1, 0.15) is 29.5 Å². The van der Waals surface area contributed by atoms with Crippen LogP contribution in [0.4, 0.5) is 0 Å². The van der Waals surface area contributed by atoms with E-state index in [1.165, 1.54) is 12.0 Å². The Hall–Kier alpha value is -1.14. The average molecular weight is 323 g/mol. The standard InChI is InChI=1S/C13H15BrN4O/c14-9-4-15-18(5-9)10-6-17(7-10)8-12-11-2-1-3-13(11)19-16-12/h4-5,10H,1-3,6-8H2. The molecule has 0 unspecified atom stereocenters. The van der Waals surface area contributed by atoms with E-state index in [9.17, 15) is 0 Å². The Morgan fingerprint density at radius 2 is 2.26 bits per heavy atom. The number of fused-ring (bicyclic) bond motifs is 1. The minimum Gasteiger partial charge on any atom is -0.361 e. The number of halogens is 1. The highest BCUT2D eigenvalue weighted by atomic mass is 79.9. The van der Waals surface area contributed by atoms with Crippen LogP contribution in [0, 0.1) is 0 Å². The van der Waals surface area contributed by atoms with E-state index in [4.69, 9.17) is 4.52 Å². The van der Waals surface area contributed by atoms with E-state index >= 15 is 0 Å². The van der Waals surface area contributed by atoms with Gasteiger partial charge in [-0.3, -0.25) is 9.58 Å². The Balaban J connectivity index is 1.39. The van der Waals surface area contributed by atoms with Crippen molar-refractivity contribution in [2.75, 3.05) is 13.1 Å². The van der Waals surface area contributed by atoms with Crippen molar-refractivity contribution in [3.63, 3.8) is 0 Å². The van der Waals surface area contributed by atoms with E-state index in [-0.39, 0.29) is 0 Å². The van der Waals surface area contributed by atoms with Crippen LogP contribution >= 0.6 is 15.9 Å². The first-order chi connectivity index (χ1) is 9.29. The SMILES string of the molecule is Brc1cnn(C2CN(Cc3noc4c3CCC4)C2)c1. The molecule has 1 aliphatic heterocycles. The minimum absolute atomic E-state index is 0.492. The summed E-state index contributed by atoms with van der Waals surface area (Å²) in [5.41, 5.74) is 2.51. The zero-order chi connectivity index (χ0) is 12.8. The number of hydrogen-bond acceptors (Lipinski definition) is 4. The van der Waals surface area contributed by atoms with Gasteiger partial charge in [0.25, 0.3) is 0 Å². The Morgan fingerprint density at radius 3 is 3.05 bits per heavy atom. The first-order valence-electron chi connectivity index (χ1n) is 6.68. The fourth-order valence-corrected chi connectivity index (χ4v) is 3.28.